The second kappa shape index (κ2) is 5.59. The zero-order chi connectivity index (χ0) is 13.1. The van der Waals surface area contributed by atoms with E-state index in [1.165, 1.54) is 11.8 Å². The number of aliphatic hydroxyl groups excluding tert-OH is 3. The molecule has 1 heterocycles. The van der Waals surface area contributed by atoms with Gasteiger partial charge in [0, 0.05) is 5.75 Å². The van der Waals surface area contributed by atoms with Crippen LogP contribution in [0.25, 0.3) is 0 Å². The molecule has 2 rings (SSSR count). The summed E-state index contributed by atoms with van der Waals surface area (Å²) in [4.78, 5) is 0. The summed E-state index contributed by atoms with van der Waals surface area (Å²) >= 11 is 1.23. The highest BCUT2D eigenvalue weighted by Gasteiger charge is 2.38. The molecule has 0 aliphatic carbocycles. The van der Waals surface area contributed by atoms with Crippen molar-refractivity contribution in [2.24, 2.45) is 0 Å². The molecular formula is C12H13NO4S. The molecule has 0 bridgehead atoms. The van der Waals surface area contributed by atoms with Crippen LogP contribution in [0.4, 0.5) is 0 Å². The summed E-state index contributed by atoms with van der Waals surface area (Å²) in [7, 11) is 0. The van der Waals surface area contributed by atoms with E-state index in [-0.39, 0.29) is 0 Å². The Kier molecular flexibility index (Phi) is 4.09. The molecule has 1 fully saturated rings. The van der Waals surface area contributed by atoms with Crippen molar-refractivity contribution in [3.63, 3.8) is 0 Å². The summed E-state index contributed by atoms with van der Waals surface area (Å²) in [5, 5.41) is 37.5. The average Bonchev–Trinajstić information content (AvgIpc) is 2.40. The summed E-state index contributed by atoms with van der Waals surface area (Å²) in [6, 6.07) is 8.55. The minimum atomic E-state index is -1.21. The van der Waals surface area contributed by atoms with E-state index in [0.29, 0.717) is 17.1 Å². The van der Waals surface area contributed by atoms with Crippen LogP contribution in [0.1, 0.15) is 5.56 Å². The van der Waals surface area contributed by atoms with Gasteiger partial charge in [-0.1, -0.05) is 6.07 Å². The van der Waals surface area contributed by atoms with Crippen molar-refractivity contribution in [1.29, 1.82) is 5.26 Å². The molecule has 1 aliphatic rings. The molecule has 0 radical (unpaired) electrons. The normalized spacial score (nSPS) is 31.7. The summed E-state index contributed by atoms with van der Waals surface area (Å²) in [5.74, 6) is 0.745. The monoisotopic (exact) mass is 267 g/mol. The lowest BCUT2D eigenvalue weighted by Gasteiger charge is -2.34. The Balaban J connectivity index is 2.07. The van der Waals surface area contributed by atoms with Crippen molar-refractivity contribution in [3.8, 4) is 11.8 Å². The Morgan fingerprint density at radius 3 is 2.78 bits per heavy atom. The van der Waals surface area contributed by atoms with Crippen LogP contribution >= 0.6 is 11.8 Å². The quantitative estimate of drug-likeness (QED) is 0.703. The molecule has 0 saturated carbocycles. The first kappa shape index (κ1) is 13.2. The van der Waals surface area contributed by atoms with Gasteiger partial charge in [0.1, 0.15) is 18.0 Å². The van der Waals surface area contributed by atoms with E-state index in [2.05, 4.69) is 0 Å². The van der Waals surface area contributed by atoms with Gasteiger partial charge in [0.15, 0.2) is 5.44 Å². The highest BCUT2D eigenvalue weighted by atomic mass is 32.2. The van der Waals surface area contributed by atoms with Crippen LogP contribution in [0.5, 0.6) is 5.75 Å². The Hall–Kier alpha value is -1.26. The van der Waals surface area contributed by atoms with E-state index < -0.39 is 23.7 Å². The number of benzene rings is 1. The lowest BCUT2D eigenvalue weighted by molar-refractivity contribution is -0.0786. The zero-order valence-corrected chi connectivity index (χ0v) is 10.2. The van der Waals surface area contributed by atoms with Gasteiger partial charge in [0.05, 0.1) is 17.7 Å². The molecule has 4 atom stereocenters. The van der Waals surface area contributed by atoms with Gasteiger partial charge in [-0.05, 0) is 18.2 Å². The van der Waals surface area contributed by atoms with E-state index in [4.69, 9.17) is 10.00 Å². The van der Waals surface area contributed by atoms with Crippen LogP contribution in [0.3, 0.4) is 0 Å². The zero-order valence-electron chi connectivity index (χ0n) is 9.43. The largest absolute Gasteiger partial charge is 0.477 e. The third-order valence-electron chi connectivity index (χ3n) is 2.67. The number of nitrogens with zero attached hydrogens (tertiary/aromatic N) is 1. The minimum Gasteiger partial charge on any atom is -0.477 e. The van der Waals surface area contributed by atoms with Crippen molar-refractivity contribution in [1.82, 2.24) is 0 Å². The van der Waals surface area contributed by atoms with E-state index in [9.17, 15) is 15.3 Å². The molecule has 1 saturated heterocycles. The summed E-state index contributed by atoms with van der Waals surface area (Å²) in [6.07, 6.45) is -3.32. The van der Waals surface area contributed by atoms with Crippen LogP contribution in [-0.4, -0.2) is 44.8 Å². The van der Waals surface area contributed by atoms with Crippen molar-refractivity contribution in [2.75, 3.05) is 5.75 Å². The molecule has 0 amide bonds. The number of aliphatic hydroxyl groups is 3. The molecule has 3 N–H and O–H groups in total. The maximum absolute atomic E-state index is 9.77. The first-order chi connectivity index (χ1) is 8.61. The van der Waals surface area contributed by atoms with Crippen LogP contribution < -0.4 is 4.74 Å². The molecule has 0 aromatic heterocycles. The first-order valence-electron chi connectivity index (χ1n) is 5.44. The Labute approximate surface area is 109 Å². The molecule has 5 nitrogen and oxygen atoms in total. The number of ether oxygens (including phenoxy) is 1. The van der Waals surface area contributed by atoms with Gasteiger partial charge in [-0.25, -0.2) is 0 Å². The predicted molar refractivity (Wildman–Crippen MR) is 66.1 cm³/mol. The molecule has 0 spiro atoms. The van der Waals surface area contributed by atoms with Gasteiger partial charge in [-0.3, -0.25) is 0 Å². The maximum Gasteiger partial charge on any atom is 0.173 e. The number of nitriles is 1. The SMILES string of the molecule is N#Cc1cccc(O[C@@H]2SC[C@@H](O)[C@H](O)[C@H]2O)c1. The van der Waals surface area contributed by atoms with Gasteiger partial charge >= 0.3 is 0 Å². The highest BCUT2D eigenvalue weighted by Crippen LogP contribution is 2.29. The second-order valence-electron chi connectivity index (χ2n) is 4.01. The average molecular weight is 267 g/mol. The number of hydrogen-bond donors (Lipinski definition) is 3. The van der Waals surface area contributed by atoms with Gasteiger partial charge in [-0.15, -0.1) is 11.8 Å². The van der Waals surface area contributed by atoms with Crippen molar-refractivity contribution < 1.29 is 20.1 Å². The fourth-order valence-corrected chi connectivity index (χ4v) is 2.78. The van der Waals surface area contributed by atoms with Gasteiger partial charge < -0.3 is 20.1 Å². The first-order valence-corrected chi connectivity index (χ1v) is 6.49. The highest BCUT2D eigenvalue weighted by molar-refractivity contribution is 7.99. The van der Waals surface area contributed by atoms with E-state index in [0.717, 1.165) is 0 Å². The summed E-state index contributed by atoms with van der Waals surface area (Å²) in [5.41, 5.74) is -0.194. The van der Waals surface area contributed by atoms with Crippen LogP contribution in [0.15, 0.2) is 24.3 Å². The van der Waals surface area contributed by atoms with Gasteiger partial charge in [0.25, 0.3) is 0 Å². The molecule has 1 aromatic rings. The summed E-state index contributed by atoms with van der Waals surface area (Å²) in [6.45, 7) is 0. The number of rotatable bonds is 2. The topological polar surface area (TPSA) is 93.7 Å². The van der Waals surface area contributed by atoms with E-state index in [1.54, 1.807) is 24.3 Å². The Morgan fingerprint density at radius 1 is 1.28 bits per heavy atom. The van der Waals surface area contributed by atoms with Crippen LogP contribution in [0.2, 0.25) is 0 Å². The predicted octanol–water partition coefficient (Wildman–Crippen LogP) is 0.0927. The van der Waals surface area contributed by atoms with E-state index in [1.807, 2.05) is 6.07 Å². The van der Waals surface area contributed by atoms with Crippen molar-refractivity contribution in [3.05, 3.63) is 29.8 Å². The molecule has 0 unspecified atom stereocenters. The van der Waals surface area contributed by atoms with Gasteiger partial charge in [-0.2, -0.15) is 5.26 Å². The standard InChI is InChI=1S/C12H13NO4S/c13-5-7-2-1-3-8(4-7)17-12-11(16)10(15)9(14)6-18-12/h1-4,9-12,14-16H,6H2/t9-,10+,11-,12-/m1/s1. The molecular weight excluding hydrogens is 254 g/mol. The second-order valence-corrected chi connectivity index (χ2v) is 5.14. The molecule has 18 heavy (non-hydrogen) atoms. The Morgan fingerprint density at radius 2 is 2.06 bits per heavy atom. The lowest BCUT2D eigenvalue weighted by Crippen LogP contribution is -2.50. The fraction of sp³-hybridized carbons (Fsp3) is 0.417. The molecule has 1 aliphatic heterocycles. The Bertz CT molecular complexity index is 462. The van der Waals surface area contributed by atoms with E-state index >= 15 is 0 Å². The minimum absolute atomic E-state index is 0.292. The lowest BCUT2D eigenvalue weighted by atomic mass is 10.1. The number of thioether (sulfide) groups is 1. The smallest absolute Gasteiger partial charge is 0.173 e. The van der Waals surface area contributed by atoms with Crippen molar-refractivity contribution in [2.45, 2.75) is 23.7 Å². The van der Waals surface area contributed by atoms with Crippen LogP contribution in [-0.2, 0) is 0 Å². The number of hydrogen-bond acceptors (Lipinski definition) is 6. The third-order valence-corrected chi connectivity index (χ3v) is 3.91. The summed E-state index contributed by atoms with van der Waals surface area (Å²) < 4.78 is 5.52. The molecule has 96 valence electrons. The van der Waals surface area contributed by atoms with Crippen molar-refractivity contribution >= 4 is 11.8 Å². The molecule has 6 heteroatoms. The van der Waals surface area contributed by atoms with Crippen LogP contribution in [0, 0.1) is 11.3 Å². The maximum atomic E-state index is 9.77. The van der Waals surface area contributed by atoms with Gasteiger partial charge in [0.2, 0.25) is 0 Å². The third kappa shape index (κ3) is 2.76. The fourth-order valence-electron chi connectivity index (χ4n) is 1.66. The molecule has 1 aromatic carbocycles.